The van der Waals surface area contributed by atoms with Crippen LogP contribution in [0.2, 0.25) is 0 Å². The molecular formula is C9H12BrN3S. The van der Waals surface area contributed by atoms with Crippen molar-refractivity contribution < 1.29 is 0 Å². The Kier molecular flexibility index (Phi) is 4.41. The van der Waals surface area contributed by atoms with Gasteiger partial charge in [0.05, 0.1) is 6.54 Å². The number of thioether (sulfide) groups is 1. The molecule has 2 rings (SSSR count). The van der Waals surface area contributed by atoms with Crippen molar-refractivity contribution in [2.45, 2.75) is 0 Å². The molecule has 5 heteroatoms. The lowest BCUT2D eigenvalue weighted by molar-refractivity contribution is 1.00. The predicted molar refractivity (Wildman–Crippen MR) is 67.7 cm³/mol. The molecule has 0 spiro atoms. The molecule has 0 amide bonds. The van der Waals surface area contributed by atoms with Gasteiger partial charge in [0.25, 0.3) is 0 Å². The third kappa shape index (κ3) is 2.27. The van der Waals surface area contributed by atoms with Crippen LogP contribution in [0.4, 0.5) is 5.82 Å². The van der Waals surface area contributed by atoms with E-state index in [1.807, 2.05) is 30.7 Å². The zero-order valence-corrected chi connectivity index (χ0v) is 10.4. The van der Waals surface area contributed by atoms with Gasteiger partial charge in [-0.1, -0.05) is 17.8 Å². The Morgan fingerprint density at radius 1 is 1.43 bits per heavy atom. The number of nitrogens with zero attached hydrogens (tertiary/aromatic N) is 3. The Labute approximate surface area is 98.4 Å². The molecule has 0 fully saturated rings. The van der Waals surface area contributed by atoms with Crippen LogP contribution in [0.1, 0.15) is 0 Å². The van der Waals surface area contributed by atoms with E-state index < -0.39 is 0 Å². The van der Waals surface area contributed by atoms with Gasteiger partial charge in [-0.3, -0.25) is 4.99 Å². The molecule has 0 atom stereocenters. The molecule has 1 aliphatic rings. The summed E-state index contributed by atoms with van der Waals surface area (Å²) in [6.45, 7) is 1.83. The van der Waals surface area contributed by atoms with Crippen molar-refractivity contribution in [3.05, 3.63) is 24.4 Å². The number of pyridine rings is 1. The zero-order valence-electron chi connectivity index (χ0n) is 7.88. The summed E-state index contributed by atoms with van der Waals surface area (Å²) in [5.41, 5.74) is 0. The minimum absolute atomic E-state index is 0. The largest absolute Gasteiger partial charge is 0.304 e. The molecule has 0 aliphatic carbocycles. The van der Waals surface area contributed by atoms with Crippen LogP contribution >= 0.6 is 28.7 Å². The third-order valence-corrected chi connectivity index (χ3v) is 2.62. The van der Waals surface area contributed by atoms with Crippen molar-refractivity contribution in [3.8, 4) is 0 Å². The average molecular weight is 274 g/mol. The van der Waals surface area contributed by atoms with Crippen molar-refractivity contribution >= 4 is 39.7 Å². The van der Waals surface area contributed by atoms with Crippen molar-refractivity contribution in [3.63, 3.8) is 0 Å². The fraction of sp³-hybridized carbons (Fsp3) is 0.333. The van der Waals surface area contributed by atoms with Crippen LogP contribution in [0.5, 0.6) is 0 Å². The molecule has 2 heterocycles. The van der Waals surface area contributed by atoms with Crippen LogP contribution in [0, 0.1) is 0 Å². The Morgan fingerprint density at radius 3 is 2.93 bits per heavy atom. The number of hydrogen-bond donors (Lipinski definition) is 0. The lowest BCUT2D eigenvalue weighted by Gasteiger charge is -2.16. The van der Waals surface area contributed by atoms with E-state index >= 15 is 0 Å². The first-order valence-electron chi connectivity index (χ1n) is 4.19. The van der Waals surface area contributed by atoms with Crippen LogP contribution in [0.15, 0.2) is 29.4 Å². The monoisotopic (exact) mass is 273 g/mol. The van der Waals surface area contributed by atoms with Gasteiger partial charge in [0.1, 0.15) is 5.82 Å². The second-order valence-corrected chi connectivity index (χ2v) is 3.48. The highest BCUT2D eigenvalue weighted by Gasteiger charge is 2.17. The number of hydrogen-bond acceptors (Lipinski definition) is 4. The molecule has 3 nitrogen and oxygen atoms in total. The number of halogens is 1. The van der Waals surface area contributed by atoms with Crippen LogP contribution in [0.25, 0.3) is 0 Å². The Morgan fingerprint density at radius 2 is 2.29 bits per heavy atom. The van der Waals surface area contributed by atoms with Gasteiger partial charge >= 0.3 is 0 Å². The quantitative estimate of drug-likeness (QED) is 0.786. The third-order valence-electron chi connectivity index (χ3n) is 1.91. The molecule has 0 aromatic carbocycles. The molecule has 1 aromatic heterocycles. The maximum absolute atomic E-state index is 4.38. The molecule has 1 aromatic rings. The Bertz CT molecular complexity index is 315. The molecular weight excluding hydrogens is 262 g/mol. The van der Waals surface area contributed by atoms with Crippen molar-refractivity contribution in [2.75, 3.05) is 24.2 Å². The molecule has 1 aliphatic heterocycles. The van der Waals surface area contributed by atoms with E-state index in [4.69, 9.17) is 0 Å². The summed E-state index contributed by atoms with van der Waals surface area (Å²) in [5.74, 6) is 0.994. The summed E-state index contributed by atoms with van der Waals surface area (Å²) in [5, 5.41) is 1.07. The summed E-state index contributed by atoms with van der Waals surface area (Å²) in [7, 11) is 0. The first-order chi connectivity index (χ1) is 6.42. The number of aliphatic imine (C=N–C) groups is 1. The van der Waals surface area contributed by atoms with E-state index in [2.05, 4.69) is 14.9 Å². The molecule has 14 heavy (non-hydrogen) atoms. The Balaban J connectivity index is 0.000000980. The van der Waals surface area contributed by atoms with Gasteiger partial charge in [-0.15, -0.1) is 17.0 Å². The van der Waals surface area contributed by atoms with Gasteiger partial charge < -0.3 is 4.90 Å². The first-order valence-corrected chi connectivity index (χ1v) is 5.41. The van der Waals surface area contributed by atoms with E-state index in [1.54, 1.807) is 11.8 Å². The van der Waals surface area contributed by atoms with Crippen molar-refractivity contribution in [1.82, 2.24) is 4.98 Å². The minimum atomic E-state index is 0. The lowest BCUT2D eigenvalue weighted by atomic mass is 10.4. The SMILES string of the molecule is Br.CSC1=NCCN1c1ccccn1. The molecule has 0 unspecified atom stereocenters. The minimum Gasteiger partial charge on any atom is -0.304 e. The van der Waals surface area contributed by atoms with Gasteiger partial charge in [-0.2, -0.15) is 0 Å². The lowest BCUT2D eigenvalue weighted by Crippen LogP contribution is -2.25. The fourth-order valence-corrected chi connectivity index (χ4v) is 1.95. The van der Waals surface area contributed by atoms with E-state index in [0.717, 1.165) is 24.1 Å². The molecule has 76 valence electrons. The van der Waals surface area contributed by atoms with Crippen LogP contribution in [-0.4, -0.2) is 29.5 Å². The van der Waals surface area contributed by atoms with Crippen molar-refractivity contribution in [1.29, 1.82) is 0 Å². The molecule has 0 saturated heterocycles. The molecule has 0 bridgehead atoms. The zero-order chi connectivity index (χ0) is 9.10. The number of aromatic nitrogens is 1. The second kappa shape index (κ2) is 5.36. The molecule has 0 saturated carbocycles. The van der Waals surface area contributed by atoms with E-state index in [-0.39, 0.29) is 17.0 Å². The average Bonchev–Trinajstić information content (AvgIpc) is 2.67. The van der Waals surface area contributed by atoms with Gasteiger partial charge in [-0.25, -0.2) is 4.98 Å². The standard InChI is InChI=1S/C9H11N3S.BrH/c1-13-9-11-6-7-12(9)8-4-2-3-5-10-8;/h2-5H,6-7H2,1H3;1H. The normalized spacial score (nSPS) is 14.9. The maximum atomic E-state index is 4.38. The van der Waals surface area contributed by atoms with Crippen molar-refractivity contribution in [2.24, 2.45) is 4.99 Å². The first kappa shape index (κ1) is 11.5. The number of rotatable bonds is 1. The summed E-state index contributed by atoms with van der Waals surface area (Å²) >= 11 is 1.67. The van der Waals surface area contributed by atoms with E-state index in [9.17, 15) is 0 Å². The predicted octanol–water partition coefficient (Wildman–Crippen LogP) is 2.20. The summed E-state index contributed by atoms with van der Waals surface area (Å²) < 4.78 is 0. The highest BCUT2D eigenvalue weighted by Crippen LogP contribution is 2.18. The highest BCUT2D eigenvalue weighted by atomic mass is 79.9. The highest BCUT2D eigenvalue weighted by molar-refractivity contribution is 8.93. The Hall–Kier alpha value is -0.550. The molecule has 0 N–H and O–H groups in total. The fourth-order valence-electron chi connectivity index (χ4n) is 1.33. The van der Waals surface area contributed by atoms with Gasteiger partial charge in [0.15, 0.2) is 5.17 Å². The summed E-state index contributed by atoms with van der Waals surface area (Å²) in [6, 6.07) is 5.94. The molecule has 0 radical (unpaired) electrons. The topological polar surface area (TPSA) is 28.5 Å². The number of anilines is 1. The maximum Gasteiger partial charge on any atom is 0.164 e. The van der Waals surface area contributed by atoms with E-state index in [0.29, 0.717) is 0 Å². The second-order valence-electron chi connectivity index (χ2n) is 2.71. The van der Waals surface area contributed by atoms with Crippen LogP contribution in [-0.2, 0) is 0 Å². The van der Waals surface area contributed by atoms with Gasteiger partial charge in [0.2, 0.25) is 0 Å². The smallest absolute Gasteiger partial charge is 0.164 e. The summed E-state index contributed by atoms with van der Waals surface area (Å²) in [4.78, 5) is 10.8. The van der Waals surface area contributed by atoms with Gasteiger partial charge in [0, 0.05) is 12.7 Å². The van der Waals surface area contributed by atoms with E-state index in [1.165, 1.54) is 0 Å². The number of amidine groups is 1. The summed E-state index contributed by atoms with van der Waals surface area (Å²) in [6.07, 6.45) is 3.85. The van der Waals surface area contributed by atoms with Gasteiger partial charge in [-0.05, 0) is 18.4 Å². The van der Waals surface area contributed by atoms with Crippen LogP contribution < -0.4 is 4.90 Å². The van der Waals surface area contributed by atoms with Crippen LogP contribution in [0.3, 0.4) is 0 Å².